The number of halogens is 4. The van der Waals surface area contributed by atoms with Crippen molar-refractivity contribution in [2.24, 2.45) is 0 Å². The molecule has 15 heavy (non-hydrogen) atoms. The van der Waals surface area contributed by atoms with Gasteiger partial charge in [-0.05, 0) is 12.1 Å². The molecule has 0 saturated carbocycles. The second kappa shape index (κ2) is 4.90. The molecule has 1 nitrogen and oxygen atoms in total. The van der Waals surface area contributed by atoms with Crippen molar-refractivity contribution in [3.8, 4) is 0 Å². The summed E-state index contributed by atoms with van der Waals surface area (Å²) >= 11 is 9.55. The van der Waals surface area contributed by atoms with E-state index >= 15 is 0 Å². The van der Waals surface area contributed by atoms with Gasteiger partial charge in [-0.2, -0.15) is 25.8 Å². The molecule has 0 aliphatic carbocycles. The normalized spacial score (nSPS) is 12.3. The van der Waals surface area contributed by atoms with E-state index in [2.05, 4.69) is 17.6 Å². The van der Waals surface area contributed by atoms with Crippen LogP contribution in [0.4, 0.5) is 13.2 Å². The van der Waals surface area contributed by atoms with E-state index in [0.29, 0.717) is 11.4 Å². The Hall–Kier alpha value is -0.680. The average molecular weight is 254 g/mol. The summed E-state index contributed by atoms with van der Waals surface area (Å²) in [5, 5.41) is -0.0251. The Balaban J connectivity index is 3.04. The first-order valence-electron chi connectivity index (χ1n) is 3.95. The molecular formula is C9H7ClF3NS. The van der Waals surface area contributed by atoms with Gasteiger partial charge in [0.25, 0.3) is 0 Å². The van der Waals surface area contributed by atoms with Crippen LogP contribution in [0.15, 0.2) is 18.3 Å². The highest BCUT2D eigenvalue weighted by Crippen LogP contribution is 2.31. The molecule has 0 aliphatic rings. The van der Waals surface area contributed by atoms with Gasteiger partial charge in [0.05, 0.1) is 16.3 Å². The van der Waals surface area contributed by atoms with Gasteiger partial charge in [0.15, 0.2) is 0 Å². The van der Waals surface area contributed by atoms with Crippen molar-refractivity contribution >= 4 is 30.3 Å². The summed E-state index contributed by atoms with van der Waals surface area (Å²) < 4.78 is 36.7. The Morgan fingerprint density at radius 1 is 1.47 bits per heavy atom. The summed E-state index contributed by atoms with van der Waals surface area (Å²) in [6, 6.07) is 0.854. The molecule has 0 fully saturated rings. The minimum atomic E-state index is -4.41. The lowest BCUT2D eigenvalue weighted by Gasteiger charge is -2.06. The van der Waals surface area contributed by atoms with Crippen LogP contribution in [0.1, 0.15) is 11.3 Å². The van der Waals surface area contributed by atoms with Gasteiger partial charge in [-0.15, -0.1) is 0 Å². The fourth-order valence-electron chi connectivity index (χ4n) is 0.890. The van der Waals surface area contributed by atoms with E-state index in [1.807, 2.05) is 0 Å². The minimum absolute atomic E-state index is 0.0251. The molecule has 0 radical (unpaired) electrons. The molecule has 0 unspecified atom stereocenters. The zero-order valence-corrected chi connectivity index (χ0v) is 9.07. The summed E-state index contributed by atoms with van der Waals surface area (Å²) in [4.78, 5) is 3.61. The summed E-state index contributed by atoms with van der Waals surface area (Å²) in [7, 11) is 0. The van der Waals surface area contributed by atoms with Gasteiger partial charge in [0, 0.05) is 11.9 Å². The molecule has 6 heteroatoms. The summed E-state index contributed by atoms with van der Waals surface area (Å²) in [6.45, 7) is 0. The number of thiol groups is 1. The molecule has 1 aromatic rings. The predicted octanol–water partition coefficient (Wildman–Crippen LogP) is 3.70. The zero-order valence-electron chi connectivity index (χ0n) is 7.42. The number of hydrogen-bond donors (Lipinski definition) is 1. The molecule has 0 amide bonds. The molecular weight excluding hydrogens is 247 g/mol. The Kier molecular flexibility index (Phi) is 4.04. The van der Waals surface area contributed by atoms with Gasteiger partial charge < -0.3 is 0 Å². The van der Waals surface area contributed by atoms with Crippen LogP contribution in [0, 0.1) is 0 Å². The Morgan fingerprint density at radius 3 is 2.60 bits per heavy atom. The smallest absolute Gasteiger partial charge is 0.255 e. The standard InChI is InChI=1S/C9H7ClF3NS/c10-7-4-6(9(11,12)13)5-14-8(7)2-1-3-15/h1-2,4-5,15H,3H2. The quantitative estimate of drug-likeness (QED) is 0.793. The molecule has 82 valence electrons. The van der Waals surface area contributed by atoms with E-state index in [0.717, 1.165) is 12.3 Å². The molecule has 1 heterocycles. The molecule has 0 atom stereocenters. The summed E-state index contributed by atoms with van der Waals surface area (Å²) in [5.74, 6) is 0.471. The van der Waals surface area contributed by atoms with E-state index in [1.54, 1.807) is 6.08 Å². The topological polar surface area (TPSA) is 12.9 Å². The van der Waals surface area contributed by atoms with Gasteiger partial charge >= 0.3 is 6.18 Å². The average Bonchev–Trinajstić information content (AvgIpc) is 2.14. The van der Waals surface area contributed by atoms with E-state index in [-0.39, 0.29) is 5.02 Å². The lowest BCUT2D eigenvalue weighted by Crippen LogP contribution is -2.05. The van der Waals surface area contributed by atoms with Crippen molar-refractivity contribution in [2.45, 2.75) is 6.18 Å². The first-order valence-corrected chi connectivity index (χ1v) is 4.96. The molecule has 0 aromatic carbocycles. The molecule has 0 aliphatic heterocycles. The van der Waals surface area contributed by atoms with Gasteiger partial charge in [-0.25, -0.2) is 0 Å². The Morgan fingerprint density at radius 2 is 2.13 bits per heavy atom. The van der Waals surface area contributed by atoms with Crippen molar-refractivity contribution < 1.29 is 13.2 Å². The molecule has 1 aromatic heterocycles. The van der Waals surface area contributed by atoms with E-state index in [9.17, 15) is 13.2 Å². The van der Waals surface area contributed by atoms with Crippen LogP contribution in [-0.2, 0) is 6.18 Å². The maximum Gasteiger partial charge on any atom is 0.417 e. The third-order valence-corrected chi connectivity index (χ3v) is 2.09. The first kappa shape index (κ1) is 12.4. The van der Waals surface area contributed by atoms with Crippen LogP contribution in [0.25, 0.3) is 6.08 Å². The van der Waals surface area contributed by atoms with Crippen molar-refractivity contribution in [3.05, 3.63) is 34.6 Å². The maximum absolute atomic E-state index is 12.2. The first-order chi connectivity index (χ1) is 6.95. The number of alkyl halides is 3. The highest BCUT2D eigenvalue weighted by molar-refractivity contribution is 7.80. The molecule has 0 saturated heterocycles. The third-order valence-electron chi connectivity index (χ3n) is 1.58. The number of pyridine rings is 1. The van der Waals surface area contributed by atoms with Crippen LogP contribution in [0.2, 0.25) is 5.02 Å². The van der Waals surface area contributed by atoms with Crippen LogP contribution < -0.4 is 0 Å². The highest BCUT2D eigenvalue weighted by Gasteiger charge is 2.31. The minimum Gasteiger partial charge on any atom is -0.255 e. The fraction of sp³-hybridized carbons (Fsp3) is 0.222. The molecule has 1 rings (SSSR count). The number of hydrogen-bond acceptors (Lipinski definition) is 2. The highest BCUT2D eigenvalue weighted by atomic mass is 35.5. The van der Waals surface area contributed by atoms with Gasteiger partial charge in [0.1, 0.15) is 0 Å². The second-order valence-electron chi connectivity index (χ2n) is 2.67. The van der Waals surface area contributed by atoms with Gasteiger partial charge in [-0.3, -0.25) is 4.98 Å². The number of nitrogens with zero attached hydrogens (tertiary/aromatic N) is 1. The van der Waals surface area contributed by atoms with Crippen molar-refractivity contribution in [2.75, 3.05) is 5.75 Å². The second-order valence-corrected chi connectivity index (χ2v) is 3.45. The monoisotopic (exact) mass is 253 g/mol. The predicted molar refractivity (Wildman–Crippen MR) is 57.1 cm³/mol. The third kappa shape index (κ3) is 3.43. The number of aromatic nitrogens is 1. The molecule has 0 N–H and O–H groups in total. The van der Waals surface area contributed by atoms with Crippen molar-refractivity contribution in [1.29, 1.82) is 0 Å². The van der Waals surface area contributed by atoms with Crippen LogP contribution >= 0.6 is 24.2 Å². The summed E-state index contributed by atoms with van der Waals surface area (Å²) in [5.41, 5.74) is -0.547. The lowest BCUT2D eigenvalue weighted by atomic mass is 10.2. The van der Waals surface area contributed by atoms with Crippen molar-refractivity contribution in [3.63, 3.8) is 0 Å². The van der Waals surface area contributed by atoms with Gasteiger partial charge in [-0.1, -0.05) is 17.7 Å². The lowest BCUT2D eigenvalue weighted by molar-refractivity contribution is -0.137. The van der Waals surface area contributed by atoms with E-state index < -0.39 is 11.7 Å². The largest absolute Gasteiger partial charge is 0.417 e. The molecule has 0 spiro atoms. The van der Waals surface area contributed by atoms with Crippen LogP contribution in [0.3, 0.4) is 0 Å². The SMILES string of the molecule is FC(F)(F)c1cnc(C=CCS)c(Cl)c1. The van der Waals surface area contributed by atoms with Crippen LogP contribution in [-0.4, -0.2) is 10.7 Å². The van der Waals surface area contributed by atoms with E-state index in [4.69, 9.17) is 11.6 Å². The van der Waals surface area contributed by atoms with Gasteiger partial charge in [0.2, 0.25) is 0 Å². The van der Waals surface area contributed by atoms with Crippen LogP contribution in [0.5, 0.6) is 0 Å². The molecule has 0 bridgehead atoms. The van der Waals surface area contributed by atoms with E-state index in [1.165, 1.54) is 6.08 Å². The van der Waals surface area contributed by atoms with Crippen molar-refractivity contribution in [1.82, 2.24) is 4.98 Å². The zero-order chi connectivity index (χ0) is 11.5. The maximum atomic E-state index is 12.2. The number of rotatable bonds is 2. The fourth-order valence-corrected chi connectivity index (χ4v) is 1.23. The Bertz CT molecular complexity index is 376. The Labute approximate surface area is 95.4 Å². The summed E-state index contributed by atoms with van der Waals surface area (Å²) in [6.07, 6.45) is -0.493.